The molecule has 0 unspecified atom stereocenters. The summed E-state index contributed by atoms with van der Waals surface area (Å²) in [5.74, 6) is -0.442. The molecule has 8 nitrogen and oxygen atoms in total. The molecule has 0 aliphatic heterocycles. The minimum atomic E-state index is -0.556. The van der Waals surface area contributed by atoms with Crippen LogP contribution < -0.4 is 16.4 Å². The molecule has 0 aliphatic rings. The molecule has 0 saturated carbocycles. The summed E-state index contributed by atoms with van der Waals surface area (Å²) in [5, 5.41) is 5.78. The number of anilines is 3. The maximum absolute atomic E-state index is 13.8. The topological polar surface area (TPSA) is 115 Å². The van der Waals surface area contributed by atoms with Crippen LogP contribution in [0.25, 0.3) is 11.0 Å². The van der Waals surface area contributed by atoms with Crippen LogP contribution in [0.15, 0.2) is 48.9 Å². The maximum Gasteiger partial charge on any atom is 0.323 e. The SMILES string of the molecule is Cc1ccc(NC(=O)Nc2ccc(C)c(C(=O)c3cn(C(C)C)c4ncnc(N)c34)c2)cc1F. The highest BCUT2D eigenvalue weighted by Crippen LogP contribution is 2.30. The summed E-state index contributed by atoms with van der Waals surface area (Å²) in [4.78, 5) is 34.4. The van der Waals surface area contributed by atoms with Crippen molar-refractivity contribution in [2.45, 2.75) is 33.7 Å². The molecule has 0 spiro atoms. The van der Waals surface area contributed by atoms with Crippen molar-refractivity contribution < 1.29 is 14.0 Å². The number of nitrogen functional groups attached to an aromatic ring is 1. The van der Waals surface area contributed by atoms with Crippen molar-refractivity contribution in [3.05, 3.63) is 77.0 Å². The third-order valence-electron chi connectivity index (χ3n) is 5.61. The molecule has 4 rings (SSSR count). The van der Waals surface area contributed by atoms with E-state index in [0.29, 0.717) is 39.1 Å². The molecule has 34 heavy (non-hydrogen) atoms. The molecule has 2 aromatic carbocycles. The van der Waals surface area contributed by atoms with Gasteiger partial charge in [-0.1, -0.05) is 12.1 Å². The molecule has 4 aromatic rings. The average molecular weight is 461 g/mol. The van der Waals surface area contributed by atoms with E-state index in [9.17, 15) is 14.0 Å². The summed E-state index contributed by atoms with van der Waals surface area (Å²) in [6, 6.07) is 8.98. The molecule has 0 saturated heterocycles. The average Bonchev–Trinajstić information content (AvgIpc) is 3.18. The second-order valence-corrected chi connectivity index (χ2v) is 8.40. The number of benzene rings is 2. The van der Waals surface area contributed by atoms with Crippen LogP contribution >= 0.6 is 0 Å². The lowest BCUT2D eigenvalue weighted by molar-refractivity contribution is 0.103. The number of rotatable bonds is 5. The van der Waals surface area contributed by atoms with Crippen LogP contribution in [0, 0.1) is 19.7 Å². The van der Waals surface area contributed by atoms with E-state index < -0.39 is 11.8 Å². The fraction of sp³-hybridized carbons (Fsp3) is 0.200. The molecule has 2 amide bonds. The van der Waals surface area contributed by atoms with E-state index in [1.807, 2.05) is 25.3 Å². The Labute approximate surface area is 196 Å². The van der Waals surface area contributed by atoms with Crippen LogP contribution in [-0.4, -0.2) is 26.3 Å². The van der Waals surface area contributed by atoms with E-state index in [1.54, 1.807) is 43.5 Å². The van der Waals surface area contributed by atoms with E-state index in [4.69, 9.17) is 5.73 Å². The summed E-state index contributed by atoms with van der Waals surface area (Å²) in [7, 11) is 0. The fourth-order valence-corrected chi connectivity index (χ4v) is 3.73. The number of carbonyl (C=O) groups excluding carboxylic acids is 2. The molecule has 0 radical (unpaired) electrons. The Morgan fingerprint density at radius 1 is 0.971 bits per heavy atom. The fourth-order valence-electron chi connectivity index (χ4n) is 3.73. The first-order valence-corrected chi connectivity index (χ1v) is 10.8. The molecule has 2 aromatic heterocycles. The minimum absolute atomic E-state index is 0.0581. The van der Waals surface area contributed by atoms with Gasteiger partial charge in [0.1, 0.15) is 23.6 Å². The largest absolute Gasteiger partial charge is 0.383 e. The lowest BCUT2D eigenvalue weighted by atomic mass is 9.98. The molecule has 2 heterocycles. The monoisotopic (exact) mass is 460 g/mol. The Kier molecular flexibility index (Phi) is 6.02. The van der Waals surface area contributed by atoms with Crippen LogP contribution in [0.1, 0.15) is 46.9 Å². The Bertz CT molecular complexity index is 1430. The summed E-state index contributed by atoms with van der Waals surface area (Å²) < 4.78 is 15.6. The number of aryl methyl sites for hydroxylation is 2. The van der Waals surface area contributed by atoms with Gasteiger partial charge in [0.05, 0.1) is 10.9 Å². The van der Waals surface area contributed by atoms with Crippen LogP contribution in [0.3, 0.4) is 0 Å². The zero-order valence-corrected chi connectivity index (χ0v) is 19.3. The Hall–Kier alpha value is -4.27. The zero-order valence-electron chi connectivity index (χ0n) is 19.3. The summed E-state index contributed by atoms with van der Waals surface area (Å²) in [6.45, 7) is 7.43. The van der Waals surface area contributed by atoms with E-state index in [-0.39, 0.29) is 17.6 Å². The zero-order chi connectivity index (χ0) is 24.6. The van der Waals surface area contributed by atoms with Crippen molar-refractivity contribution in [1.82, 2.24) is 14.5 Å². The summed E-state index contributed by atoms with van der Waals surface area (Å²) >= 11 is 0. The maximum atomic E-state index is 13.8. The first kappa shape index (κ1) is 22.9. The Morgan fingerprint density at radius 2 is 1.62 bits per heavy atom. The highest BCUT2D eigenvalue weighted by molar-refractivity contribution is 6.19. The van der Waals surface area contributed by atoms with Crippen molar-refractivity contribution in [2.24, 2.45) is 0 Å². The van der Waals surface area contributed by atoms with Gasteiger partial charge in [0, 0.05) is 29.2 Å². The molecule has 0 fully saturated rings. The van der Waals surface area contributed by atoms with E-state index >= 15 is 0 Å². The normalized spacial score (nSPS) is 11.1. The highest BCUT2D eigenvalue weighted by atomic mass is 19.1. The number of nitrogens with one attached hydrogen (secondary N) is 2. The van der Waals surface area contributed by atoms with Crippen LogP contribution in [0.5, 0.6) is 0 Å². The van der Waals surface area contributed by atoms with Crippen molar-refractivity contribution in [3.63, 3.8) is 0 Å². The lowest BCUT2D eigenvalue weighted by Crippen LogP contribution is -2.20. The summed E-state index contributed by atoms with van der Waals surface area (Å²) in [6.07, 6.45) is 3.11. The number of amides is 2. The number of urea groups is 1. The van der Waals surface area contributed by atoms with Gasteiger partial charge in [-0.05, 0) is 63.1 Å². The van der Waals surface area contributed by atoms with Crippen LogP contribution in [-0.2, 0) is 0 Å². The van der Waals surface area contributed by atoms with Gasteiger partial charge in [0.2, 0.25) is 0 Å². The first-order valence-electron chi connectivity index (χ1n) is 10.8. The molecule has 0 bridgehead atoms. The van der Waals surface area contributed by atoms with Crippen molar-refractivity contribution >= 4 is 40.0 Å². The van der Waals surface area contributed by atoms with Crippen LogP contribution in [0.2, 0.25) is 0 Å². The second kappa shape index (κ2) is 8.93. The number of hydrogen-bond acceptors (Lipinski definition) is 5. The van der Waals surface area contributed by atoms with E-state index in [1.165, 1.54) is 12.4 Å². The number of halogens is 1. The quantitative estimate of drug-likeness (QED) is 0.353. The molecular formula is C25H25FN6O2. The van der Waals surface area contributed by atoms with Gasteiger partial charge in [-0.3, -0.25) is 4.79 Å². The number of nitrogens with zero attached hydrogens (tertiary/aromatic N) is 3. The number of fused-ring (bicyclic) bond motifs is 1. The predicted octanol–water partition coefficient (Wildman–Crippen LogP) is 5.23. The molecule has 174 valence electrons. The van der Waals surface area contributed by atoms with Crippen molar-refractivity contribution in [3.8, 4) is 0 Å². The van der Waals surface area contributed by atoms with E-state index in [2.05, 4.69) is 20.6 Å². The van der Waals surface area contributed by atoms with Crippen molar-refractivity contribution in [1.29, 1.82) is 0 Å². The minimum Gasteiger partial charge on any atom is -0.383 e. The molecular weight excluding hydrogens is 435 g/mol. The van der Waals surface area contributed by atoms with Gasteiger partial charge in [-0.2, -0.15) is 0 Å². The number of ketones is 1. The molecule has 9 heteroatoms. The van der Waals surface area contributed by atoms with Gasteiger partial charge in [0.25, 0.3) is 0 Å². The third kappa shape index (κ3) is 4.32. The smallest absolute Gasteiger partial charge is 0.323 e. The predicted molar refractivity (Wildman–Crippen MR) is 131 cm³/mol. The molecule has 0 atom stereocenters. The van der Waals surface area contributed by atoms with Gasteiger partial charge in [-0.25, -0.2) is 19.2 Å². The van der Waals surface area contributed by atoms with Crippen molar-refractivity contribution in [2.75, 3.05) is 16.4 Å². The van der Waals surface area contributed by atoms with Crippen LogP contribution in [0.4, 0.5) is 26.4 Å². The molecule has 0 aliphatic carbocycles. The Balaban J connectivity index is 1.64. The number of nitrogens with two attached hydrogens (primary N) is 1. The van der Waals surface area contributed by atoms with Gasteiger partial charge in [-0.15, -0.1) is 0 Å². The third-order valence-corrected chi connectivity index (χ3v) is 5.61. The number of aromatic nitrogens is 3. The Morgan fingerprint density at radius 3 is 2.26 bits per heavy atom. The number of carbonyl (C=O) groups is 2. The number of hydrogen-bond donors (Lipinski definition) is 3. The standard InChI is InChI=1S/C25H25FN6O2/c1-13(2)32-11-19(21-23(27)28-12-29-24(21)32)22(33)18-9-16(7-5-14(18)3)30-25(34)31-17-8-6-15(4)20(26)10-17/h5-13H,1-4H3,(H2,27,28,29)(H2,30,31,34). The lowest BCUT2D eigenvalue weighted by Gasteiger charge is -2.11. The highest BCUT2D eigenvalue weighted by Gasteiger charge is 2.22. The van der Waals surface area contributed by atoms with E-state index in [0.717, 1.165) is 5.56 Å². The van der Waals surface area contributed by atoms with Gasteiger partial charge >= 0.3 is 6.03 Å². The van der Waals surface area contributed by atoms with Gasteiger partial charge in [0.15, 0.2) is 5.78 Å². The van der Waals surface area contributed by atoms with Gasteiger partial charge < -0.3 is 20.9 Å². The second-order valence-electron chi connectivity index (χ2n) is 8.40. The molecule has 4 N–H and O–H groups in total. The summed E-state index contributed by atoms with van der Waals surface area (Å²) in [5.41, 5.74) is 9.44. The first-order chi connectivity index (χ1) is 16.2.